The molecule has 0 bridgehead atoms. The molecule has 2 aromatic rings. The van der Waals surface area contributed by atoms with Gasteiger partial charge in [-0.25, -0.2) is 4.39 Å². The first kappa shape index (κ1) is 13.8. The van der Waals surface area contributed by atoms with Crippen molar-refractivity contribution in [3.8, 4) is 0 Å². The zero-order valence-electron chi connectivity index (χ0n) is 11.3. The fourth-order valence-corrected chi connectivity index (χ4v) is 2.64. The maximum absolute atomic E-state index is 13.3. The van der Waals surface area contributed by atoms with Crippen LogP contribution in [-0.4, -0.2) is 18.4 Å². The molecule has 1 atom stereocenters. The van der Waals surface area contributed by atoms with Gasteiger partial charge in [-0.1, -0.05) is 0 Å². The molecule has 1 N–H and O–H groups in total. The number of carbonyl (C=O) groups is 1. The lowest BCUT2D eigenvalue weighted by Crippen LogP contribution is -2.12. The summed E-state index contributed by atoms with van der Waals surface area (Å²) in [6.45, 7) is 0. The number of rotatable bonds is 3. The van der Waals surface area contributed by atoms with Crippen LogP contribution in [0.3, 0.4) is 0 Å². The molecule has 1 heterocycles. The molecule has 1 aliphatic rings. The van der Waals surface area contributed by atoms with Crippen LogP contribution in [0.2, 0.25) is 0 Å². The van der Waals surface area contributed by atoms with Gasteiger partial charge in [0.25, 0.3) is 0 Å². The van der Waals surface area contributed by atoms with E-state index in [2.05, 4.69) is 10.3 Å². The van der Waals surface area contributed by atoms with E-state index in [9.17, 15) is 9.18 Å². The topological polar surface area (TPSA) is 41.5 Å². The number of nitrogens with one attached hydrogen (secondary N) is 1. The summed E-state index contributed by atoms with van der Waals surface area (Å²) in [5.74, 6) is -1.08. The molecule has 0 aromatic heterocycles. The van der Waals surface area contributed by atoms with Crippen molar-refractivity contribution in [3.05, 3.63) is 53.8 Å². The van der Waals surface area contributed by atoms with Crippen LogP contribution in [0, 0.1) is 5.82 Å². The zero-order valence-corrected chi connectivity index (χ0v) is 12.2. The molecule has 1 unspecified atom stereocenters. The molecule has 0 aliphatic carbocycles. The first-order valence-electron chi connectivity index (χ1n) is 6.46. The van der Waals surface area contributed by atoms with Crippen LogP contribution in [0.1, 0.15) is 11.5 Å². The van der Waals surface area contributed by atoms with Crippen LogP contribution >= 0.6 is 11.8 Å². The van der Waals surface area contributed by atoms with Gasteiger partial charge in [-0.15, -0.1) is 11.8 Å². The van der Waals surface area contributed by atoms with Gasteiger partial charge in [0.15, 0.2) is 0 Å². The van der Waals surface area contributed by atoms with Crippen LogP contribution < -0.4 is 5.32 Å². The number of anilines is 1. The van der Waals surface area contributed by atoms with Gasteiger partial charge in [-0.05, 0) is 54.3 Å². The van der Waals surface area contributed by atoms with E-state index in [0.717, 1.165) is 10.6 Å². The maximum atomic E-state index is 13.3. The minimum absolute atomic E-state index is 0.180. The number of hydrogen-bond acceptors (Lipinski definition) is 3. The standard InChI is InChI=1S/C16H13FN2OS/c1-21-12-5-3-11(4-6-12)18-9-14-13-8-10(17)2-7-15(13)19-16(14)20/h2-9,14H,1H3,(H,19,20). The van der Waals surface area contributed by atoms with Gasteiger partial charge in [0.2, 0.25) is 5.91 Å². The molecule has 106 valence electrons. The Morgan fingerprint density at radius 1 is 1.24 bits per heavy atom. The Kier molecular flexibility index (Phi) is 3.75. The van der Waals surface area contributed by atoms with Gasteiger partial charge in [0.05, 0.1) is 5.69 Å². The lowest BCUT2D eigenvalue weighted by Gasteiger charge is -2.02. The third-order valence-corrected chi connectivity index (χ3v) is 4.08. The van der Waals surface area contributed by atoms with Crippen LogP contribution in [0.5, 0.6) is 0 Å². The minimum atomic E-state index is -0.545. The highest BCUT2D eigenvalue weighted by Gasteiger charge is 2.29. The van der Waals surface area contributed by atoms with Crippen molar-refractivity contribution < 1.29 is 9.18 Å². The number of nitrogens with zero attached hydrogens (tertiary/aromatic N) is 1. The summed E-state index contributed by atoms with van der Waals surface area (Å²) >= 11 is 1.66. The number of fused-ring (bicyclic) bond motifs is 1. The number of hydrogen-bond donors (Lipinski definition) is 1. The van der Waals surface area contributed by atoms with E-state index in [1.807, 2.05) is 30.5 Å². The van der Waals surface area contributed by atoms with Crippen LogP contribution in [0.25, 0.3) is 0 Å². The Hall–Kier alpha value is -2.14. The minimum Gasteiger partial charge on any atom is -0.325 e. The van der Waals surface area contributed by atoms with E-state index >= 15 is 0 Å². The van der Waals surface area contributed by atoms with Crippen molar-refractivity contribution >= 4 is 35.3 Å². The van der Waals surface area contributed by atoms with E-state index < -0.39 is 5.92 Å². The fraction of sp³-hybridized carbons (Fsp3) is 0.125. The second kappa shape index (κ2) is 5.69. The average Bonchev–Trinajstić information content (AvgIpc) is 2.80. The highest BCUT2D eigenvalue weighted by molar-refractivity contribution is 7.98. The molecular formula is C16H13FN2OS. The molecule has 0 radical (unpaired) electrons. The molecule has 1 amide bonds. The molecule has 2 aromatic carbocycles. The summed E-state index contributed by atoms with van der Waals surface area (Å²) in [6.07, 6.45) is 3.57. The van der Waals surface area contributed by atoms with Gasteiger partial charge in [0.1, 0.15) is 11.7 Å². The van der Waals surface area contributed by atoms with Crippen molar-refractivity contribution in [2.24, 2.45) is 4.99 Å². The highest BCUT2D eigenvalue weighted by Crippen LogP contribution is 2.32. The van der Waals surface area contributed by atoms with Crippen molar-refractivity contribution in [2.45, 2.75) is 10.8 Å². The Morgan fingerprint density at radius 2 is 2.00 bits per heavy atom. The third-order valence-electron chi connectivity index (χ3n) is 3.33. The summed E-state index contributed by atoms with van der Waals surface area (Å²) in [7, 11) is 0. The first-order valence-corrected chi connectivity index (χ1v) is 7.68. The third kappa shape index (κ3) is 2.83. The lowest BCUT2D eigenvalue weighted by atomic mass is 10.0. The molecule has 0 fully saturated rings. The molecule has 3 rings (SSSR count). The molecule has 0 saturated carbocycles. The normalized spacial score (nSPS) is 17.0. The number of amides is 1. The predicted molar refractivity (Wildman–Crippen MR) is 84.1 cm³/mol. The van der Waals surface area contributed by atoms with E-state index in [-0.39, 0.29) is 11.7 Å². The van der Waals surface area contributed by atoms with Gasteiger partial charge in [0, 0.05) is 16.8 Å². The van der Waals surface area contributed by atoms with Crippen molar-refractivity contribution in [2.75, 3.05) is 11.6 Å². The largest absolute Gasteiger partial charge is 0.325 e. The number of benzene rings is 2. The summed E-state index contributed by atoms with van der Waals surface area (Å²) in [5, 5.41) is 2.73. The summed E-state index contributed by atoms with van der Waals surface area (Å²) in [5.41, 5.74) is 2.05. The second-order valence-electron chi connectivity index (χ2n) is 4.67. The van der Waals surface area contributed by atoms with Crippen LogP contribution in [0.4, 0.5) is 15.8 Å². The van der Waals surface area contributed by atoms with Crippen LogP contribution in [-0.2, 0) is 4.79 Å². The number of halogens is 1. The average molecular weight is 300 g/mol. The molecule has 0 saturated heterocycles. The van der Waals surface area contributed by atoms with Gasteiger partial charge in [-0.3, -0.25) is 9.79 Å². The zero-order chi connectivity index (χ0) is 14.8. The number of carbonyl (C=O) groups excluding carboxylic acids is 1. The molecule has 0 spiro atoms. The Labute approximate surface area is 126 Å². The van der Waals surface area contributed by atoms with Gasteiger partial charge in [-0.2, -0.15) is 0 Å². The number of aliphatic imine (C=N–C) groups is 1. The maximum Gasteiger partial charge on any atom is 0.237 e. The quantitative estimate of drug-likeness (QED) is 0.688. The summed E-state index contributed by atoms with van der Waals surface area (Å²) < 4.78 is 13.3. The van der Waals surface area contributed by atoms with Crippen molar-refractivity contribution in [1.82, 2.24) is 0 Å². The van der Waals surface area contributed by atoms with Crippen molar-refractivity contribution in [3.63, 3.8) is 0 Å². The van der Waals surface area contributed by atoms with E-state index in [1.165, 1.54) is 12.1 Å². The Morgan fingerprint density at radius 3 is 2.71 bits per heavy atom. The SMILES string of the molecule is CSc1ccc(N=CC2C(=O)Nc3ccc(F)cc32)cc1. The van der Waals surface area contributed by atoms with E-state index in [1.54, 1.807) is 24.0 Å². The molecular weight excluding hydrogens is 287 g/mol. The highest BCUT2D eigenvalue weighted by atomic mass is 32.2. The number of thioether (sulfide) groups is 1. The fourth-order valence-electron chi connectivity index (χ4n) is 2.23. The summed E-state index contributed by atoms with van der Waals surface area (Å²) in [4.78, 5) is 17.4. The molecule has 3 nitrogen and oxygen atoms in total. The van der Waals surface area contributed by atoms with Crippen molar-refractivity contribution in [1.29, 1.82) is 0 Å². The second-order valence-corrected chi connectivity index (χ2v) is 5.55. The first-order chi connectivity index (χ1) is 10.2. The van der Waals surface area contributed by atoms with Gasteiger partial charge >= 0.3 is 0 Å². The summed E-state index contributed by atoms with van der Waals surface area (Å²) in [6, 6.07) is 12.0. The van der Waals surface area contributed by atoms with Gasteiger partial charge < -0.3 is 5.32 Å². The van der Waals surface area contributed by atoms with E-state index in [0.29, 0.717) is 11.3 Å². The lowest BCUT2D eigenvalue weighted by molar-refractivity contribution is -0.115. The monoisotopic (exact) mass is 300 g/mol. The Bertz CT molecular complexity index is 713. The van der Waals surface area contributed by atoms with Crippen LogP contribution in [0.15, 0.2) is 52.4 Å². The molecule has 1 aliphatic heterocycles. The Balaban J connectivity index is 1.86. The van der Waals surface area contributed by atoms with E-state index in [4.69, 9.17) is 0 Å². The smallest absolute Gasteiger partial charge is 0.237 e. The molecule has 5 heteroatoms. The predicted octanol–water partition coefficient (Wildman–Crippen LogP) is 3.99. The molecule has 21 heavy (non-hydrogen) atoms.